The van der Waals surface area contributed by atoms with Gasteiger partial charge in [-0.3, -0.25) is 0 Å². The van der Waals surface area contributed by atoms with Gasteiger partial charge in [-0.1, -0.05) is 23.2 Å². The first-order chi connectivity index (χ1) is 10.7. The molecule has 1 aliphatic heterocycles. The molecule has 0 unspecified atom stereocenters. The molecule has 0 amide bonds. The van der Waals surface area contributed by atoms with E-state index in [9.17, 15) is 9.30 Å². The summed E-state index contributed by atoms with van der Waals surface area (Å²) in [5.41, 5.74) is 1.78. The summed E-state index contributed by atoms with van der Waals surface area (Å²) in [5, 5.41) is 12.2. The summed E-state index contributed by atoms with van der Waals surface area (Å²) in [4.78, 5) is 12.8. The lowest BCUT2D eigenvalue weighted by Crippen LogP contribution is -2.56. The third-order valence-electron chi connectivity index (χ3n) is 3.61. The number of benzene rings is 1. The molecule has 1 heterocycles. The van der Waals surface area contributed by atoms with Gasteiger partial charge in [0.15, 0.2) is 0 Å². The van der Waals surface area contributed by atoms with E-state index in [1.807, 2.05) is 0 Å². The van der Waals surface area contributed by atoms with Crippen LogP contribution in [0.3, 0.4) is 0 Å². The van der Waals surface area contributed by atoms with Gasteiger partial charge in [0.1, 0.15) is 16.2 Å². The number of hydrogen-bond donors (Lipinski definition) is 3. The van der Waals surface area contributed by atoms with Crippen LogP contribution in [0.4, 0.5) is 4.39 Å². The zero-order valence-electron chi connectivity index (χ0n) is 12.8. The normalized spacial score (nSPS) is 22.0. The maximum atomic E-state index is 14.2. The molecule has 128 valence electrons. The van der Waals surface area contributed by atoms with Crippen LogP contribution in [-0.2, 0) is 10.3 Å². The van der Waals surface area contributed by atoms with Crippen molar-refractivity contribution in [2.24, 2.45) is 0 Å². The molecule has 2 rings (SSSR count). The Labute approximate surface area is 143 Å². The minimum absolute atomic E-state index is 0.0727. The summed E-state index contributed by atoms with van der Waals surface area (Å²) in [6, 6.07) is 2.53. The number of halogens is 3. The zero-order valence-corrected chi connectivity index (χ0v) is 14.3. The molecule has 3 N–H and O–H groups in total. The lowest BCUT2D eigenvalue weighted by Gasteiger charge is -2.27. The number of ether oxygens (including phenoxy) is 1. The second-order valence-electron chi connectivity index (χ2n) is 5.89. The fourth-order valence-corrected chi connectivity index (χ4v) is 2.79. The summed E-state index contributed by atoms with van der Waals surface area (Å²) < 4.78 is 19.6. The molecule has 0 aromatic heterocycles. The van der Waals surface area contributed by atoms with Crippen LogP contribution < -0.4 is 10.7 Å². The van der Waals surface area contributed by atoms with Crippen molar-refractivity contribution in [3.63, 3.8) is 0 Å². The molecule has 2 atom stereocenters. The largest absolute Gasteiger partial charge is 0.395 e. The average Bonchev–Trinajstić information content (AvgIpc) is 2.50. The highest BCUT2D eigenvalue weighted by atomic mass is 35.5. The van der Waals surface area contributed by atoms with Crippen molar-refractivity contribution >= 4 is 23.2 Å². The van der Waals surface area contributed by atoms with Crippen LogP contribution in [0.5, 0.6) is 0 Å². The minimum Gasteiger partial charge on any atom is -0.395 e. The molecule has 23 heavy (non-hydrogen) atoms. The van der Waals surface area contributed by atoms with Gasteiger partial charge in [0.2, 0.25) is 0 Å². The van der Waals surface area contributed by atoms with Crippen LogP contribution in [0.1, 0.15) is 19.4 Å². The molecule has 0 radical (unpaired) electrons. The van der Waals surface area contributed by atoms with E-state index in [1.54, 1.807) is 13.8 Å². The van der Waals surface area contributed by atoms with Gasteiger partial charge < -0.3 is 15.2 Å². The van der Waals surface area contributed by atoms with Crippen molar-refractivity contribution in [3.8, 4) is 0 Å². The first-order valence-corrected chi connectivity index (χ1v) is 7.85. The van der Waals surface area contributed by atoms with E-state index in [-0.39, 0.29) is 41.4 Å². The summed E-state index contributed by atoms with van der Waals surface area (Å²) in [6.07, 6.45) is -0.796. The predicted octanol–water partition coefficient (Wildman–Crippen LogP) is 1.96. The van der Waals surface area contributed by atoms with Gasteiger partial charge in [-0.2, -0.15) is 0 Å². The Bertz CT molecular complexity index is 593. The Hall–Kier alpha value is -0.990. The first-order valence-electron chi connectivity index (χ1n) is 7.09. The minimum atomic E-state index is -1.06. The summed E-state index contributed by atoms with van der Waals surface area (Å²) in [6.45, 7) is 3.64. The highest BCUT2D eigenvalue weighted by molar-refractivity contribution is 6.34. The van der Waals surface area contributed by atoms with E-state index in [0.29, 0.717) is 4.87 Å². The molecule has 0 aliphatic carbocycles. The smallest absolute Gasteiger partial charge is 0.349 e. The van der Waals surface area contributed by atoms with Gasteiger partial charge in [0.05, 0.1) is 35.7 Å². The number of nitrogens with one attached hydrogen (secondary N) is 2. The van der Waals surface area contributed by atoms with Gasteiger partial charge in [-0.25, -0.2) is 4.39 Å². The van der Waals surface area contributed by atoms with E-state index >= 15 is 0 Å². The zero-order chi connectivity index (χ0) is 17.2. The van der Waals surface area contributed by atoms with E-state index in [2.05, 4.69) is 10.7 Å². The topological polar surface area (TPSA) is 73.6 Å². The molecule has 1 aliphatic rings. The van der Waals surface area contributed by atoms with Gasteiger partial charge >= 0.3 is 6.23 Å². The summed E-state index contributed by atoms with van der Waals surface area (Å²) in [5.74, 6) is -0.634. The molecule has 1 fully saturated rings. The van der Waals surface area contributed by atoms with E-state index in [0.717, 1.165) is 0 Å². The van der Waals surface area contributed by atoms with Gasteiger partial charge in [-0.05, 0) is 26.0 Å². The number of nitrogens with zero attached hydrogens (tertiary/aromatic N) is 1. The number of hydrogen-bond acceptors (Lipinski definition) is 4. The average molecular weight is 367 g/mol. The lowest BCUT2D eigenvalue weighted by atomic mass is 9.94. The number of hydrazine groups is 1. The maximum Gasteiger partial charge on any atom is 0.349 e. The molecule has 6 nitrogen and oxygen atoms in total. The number of rotatable bonds is 5. The van der Waals surface area contributed by atoms with Crippen molar-refractivity contribution in [2.75, 3.05) is 19.8 Å². The maximum absolute atomic E-state index is 14.2. The highest BCUT2D eigenvalue weighted by Gasteiger charge is 2.38. The van der Waals surface area contributed by atoms with E-state index < -0.39 is 17.6 Å². The Morgan fingerprint density at radius 3 is 2.78 bits per heavy atom. The molecule has 0 spiro atoms. The molecule has 1 aromatic rings. The van der Waals surface area contributed by atoms with Crippen molar-refractivity contribution in [1.82, 2.24) is 10.7 Å². The van der Waals surface area contributed by atoms with Crippen molar-refractivity contribution < 1.29 is 19.1 Å². The van der Waals surface area contributed by atoms with Crippen LogP contribution in [0.25, 0.3) is 0 Å². The fourth-order valence-electron chi connectivity index (χ4n) is 2.30. The first kappa shape index (κ1) is 18.4. The highest BCUT2D eigenvalue weighted by Crippen LogP contribution is 2.31. The Morgan fingerprint density at radius 2 is 2.22 bits per heavy atom. The van der Waals surface area contributed by atoms with Crippen molar-refractivity contribution in [3.05, 3.63) is 38.5 Å². The lowest BCUT2D eigenvalue weighted by molar-refractivity contribution is -0.690. The molecule has 1 aromatic carbocycles. The summed E-state index contributed by atoms with van der Waals surface area (Å²) in [7, 11) is 0. The van der Waals surface area contributed by atoms with Crippen LogP contribution in [0.2, 0.25) is 10.0 Å². The van der Waals surface area contributed by atoms with Crippen LogP contribution in [0, 0.1) is 10.7 Å². The third kappa shape index (κ3) is 4.30. The van der Waals surface area contributed by atoms with Crippen molar-refractivity contribution in [1.29, 1.82) is 0 Å². The monoisotopic (exact) mass is 366 g/mol. The molecular formula is C14H19Cl2FN3O3+. The molecule has 1 saturated heterocycles. The number of aliphatic hydroxyl groups is 1. The van der Waals surface area contributed by atoms with Crippen molar-refractivity contribution in [2.45, 2.75) is 31.7 Å². The second-order valence-corrected chi connectivity index (χ2v) is 6.73. The summed E-state index contributed by atoms with van der Waals surface area (Å²) >= 11 is 11.7. The number of morpholine rings is 1. The Kier molecular flexibility index (Phi) is 5.80. The number of nitroso groups, excluding NO2 is 1. The standard InChI is InChI=1S/C14H19Cl2FN3O3/c1-14(2,10-3-8(15)4-11(16)13(10)17)19-20(22)12-5-18-9(6-21)7-23-12/h3-4,9,12,18,21H,5-7H2,1-2H3,(H,19,22)/q+1/t9-,12+/m1/s1. The van der Waals surface area contributed by atoms with E-state index in [4.69, 9.17) is 33.0 Å². The Morgan fingerprint density at radius 1 is 1.52 bits per heavy atom. The van der Waals surface area contributed by atoms with Gasteiger partial charge in [0, 0.05) is 10.6 Å². The molecule has 0 bridgehead atoms. The van der Waals surface area contributed by atoms with Crippen LogP contribution >= 0.6 is 23.2 Å². The van der Waals surface area contributed by atoms with Gasteiger partial charge in [0.25, 0.3) is 0 Å². The van der Waals surface area contributed by atoms with E-state index in [1.165, 1.54) is 12.1 Å². The van der Waals surface area contributed by atoms with Crippen LogP contribution in [0.15, 0.2) is 12.1 Å². The Balaban J connectivity index is 2.11. The van der Waals surface area contributed by atoms with Gasteiger partial charge in [-0.15, -0.1) is 5.43 Å². The van der Waals surface area contributed by atoms with Crippen LogP contribution in [-0.4, -0.2) is 42.0 Å². The fraction of sp³-hybridized carbons (Fsp3) is 0.571. The second kappa shape index (κ2) is 7.27. The molecular weight excluding hydrogens is 348 g/mol. The predicted molar refractivity (Wildman–Crippen MR) is 84.8 cm³/mol. The molecule has 9 heteroatoms. The molecule has 0 saturated carbocycles. The SMILES string of the molecule is CC(C)(N[N+](=O)[C@@H]1CN[C@H](CO)CO1)c1cc(Cl)cc(Cl)c1F. The third-order valence-corrected chi connectivity index (χ3v) is 4.10. The number of aliphatic hydroxyl groups excluding tert-OH is 1. The quantitative estimate of drug-likeness (QED) is 0.422.